The SMILES string of the molecule is CN(C)c1cccnc1CNC(=O)c1cc2ccccc2c(=O)n1C. The molecule has 0 atom stereocenters. The van der Waals surface area contributed by atoms with Crippen molar-refractivity contribution in [2.45, 2.75) is 6.54 Å². The van der Waals surface area contributed by atoms with Crippen molar-refractivity contribution >= 4 is 22.4 Å². The maximum absolute atomic E-state index is 12.6. The Morgan fingerprint density at radius 1 is 1.20 bits per heavy atom. The van der Waals surface area contributed by atoms with Gasteiger partial charge in [-0.2, -0.15) is 0 Å². The lowest BCUT2D eigenvalue weighted by atomic mass is 10.1. The van der Waals surface area contributed by atoms with E-state index in [1.165, 1.54) is 4.57 Å². The highest BCUT2D eigenvalue weighted by molar-refractivity contribution is 5.96. The highest BCUT2D eigenvalue weighted by Gasteiger charge is 2.14. The standard InChI is InChI=1S/C19H20N4O2/c1-22(2)16-9-6-10-20-15(16)12-21-18(24)17-11-13-7-4-5-8-14(13)19(25)23(17)3/h4-11H,12H2,1-3H3,(H,21,24). The second-order valence-electron chi connectivity index (χ2n) is 6.03. The summed E-state index contributed by atoms with van der Waals surface area (Å²) in [7, 11) is 5.46. The Hall–Kier alpha value is -3.15. The number of carbonyl (C=O) groups excluding carboxylic acids is 1. The maximum Gasteiger partial charge on any atom is 0.268 e. The van der Waals surface area contributed by atoms with Gasteiger partial charge in [-0.25, -0.2) is 0 Å². The molecule has 0 saturated carbocycles. The average Bonchev–Trinajstić information content (AvgIpc) is 2.63. The largest absolute Gasteiger partial charge is 0.376 e. The fraction of sp³-hybridized carbons (Fsp3) is 0.211. The van der Waals surface area contributed by atoms with Crippen LogP contribution in [0.15, 0.2) is 53.5 Å². The van der Waals surface area contributed by atoms with E-state index >= 15 is 0 Å². The minimum Gasteiger partial charge on any atom is -0.376 e. The summed E-state index contributed by atoms with van der Waals surface area (Å²) in [5.74, 6) is -0.305. The van der Waals surface area contributed by atoms with Crippen molar-refractivity contribution in [3.05, 3.63) is 70.4 Å². The topological polar surface area (TPSA) is 67.2 Å². The second kappa shape index (κ2) is 6.76. The Labute approximate surface area is 145 Å². The summed E-state index contributed by atoms with van der Waals surface area (Å²) >= 11 is 0. The molecule has 0 fully saturated rings. The first kappa shape index (κ1) is 16.7. The van der Waals surface area contributed by atoms with Crippen LogP contribution in [0.1, 0.15) is 16.2 Å². The number of rotatable bonds is 4. The van der Waals surface area contributed by atoms with E-state index in [9.17, 15) is 9.59 Å². The van der Waals surface area contributed by atoms with Crippen LogP contribution in [-0.4, -0.2) is 29.6 Å². The molecule has 0 spiro atoms. The number of nitrogens with one attached hydrogen (secondary N) is 1. The molecule has 0 aliphatic carbocycles. The first-order chi connectivity index (χ1) is 12.0. The van der Waals surface area contributed by atoms with Crippen LogP contribution in [0.3, 0.4) is 0 Å². The van der Waals surface area contributed by atoms with Crippen molar-refractivity contribution in [1.29, 1.82) is 0 Å². The molecule has 3 rings (SSSR count). The number of fused-ring (bicyclic) bond motifs is 1. The van der Waals surface area contributed by atoms with Crippen LogP contribution in [0, 0.1) is 0 Å². The van der Waals surface area contributed by atoms with Crippen molar-refractivity contribution < 1.29 is 4.79 Å². The van der Waals surface area contributed by atoms with Crippen LogP contribution in [0.5, 0.6) is 0 Å². The third kappa shape index (κ3) is 3.24. The summed E-state index contributed by atoms with van der Waals surface area (Å²) in [5.41, 5.74) is 1.85. The Morgan fingerprint density at radius 2 is 1.96 bits per heavy atom. The first-order valence-corrected chi connectivity index (χ1v) is 7.97. The third-order valence-corrected chi connectivity index (χ3v) is 4.15. The van der Waals surface area contributed by atoms with E-state index in [1.807, 2.05) is 49.3 Å². The van der Waals surface area contributed by atoms with E-state index in [4.69, 9.17) is 0 Å². The van der Waals surface area contributed by atoms with Crippen molar-refractivity contribution in [2.75, 3.05) is 19.0 Å². The van der Waals surface area contributed by atoms with Gasteiger partial charge < -0.3 is 14.8 Å². The van der Waals surface area contributed by atoms with Crippen molar-refractivity contribution in [2.24, 2.45) is 7.05 Å². The number of pyridine rings is 2. The number of anilines is 1. The number of nitrogens with zero attached hydrogens (tertiary/aromatic N) is 3. The molecule has 0 aliphatic heterocycles. The van der Waals surface area contributed by atoms with Crippen LogP contribution >= 0.6 is 0 Å². The fourth-order valence-corrected chi connectivity index (χ4v) is 2.80. The Balaban J connectivity index is 1.89. The quantitative estimate of drug-likeness (QED) is 0.790. The van der Waals surface area contributed by atoms with Gasteiger partial charge in [0.05, 0.1) is 17.9 Å². The van der Waals surface area contributed by atoms with Gasteiger partial charge in [0.15, 0.2) is 0 Å². The molecule has 2 aromatic heterocycles. The molecule has 6 nitrogen and oxygen atoms in total. The summed E-state index contributed by atoms with van der Waals surface area (Å²) in [6.07, 6.45) is 1.69. The van der Waals surface area contributed by atoms with Gasteiger partial charge in [0, 0.05) is 32.7 Å². The summed E-state index contributed by atoms with van der Waals surface area (Å²) in [4.78, 5) is 31.3. The van der Waals surface area contributed by atoms with Gasteiger partial charge in [-0.1, -0.05) is 18.2 Å². The van der Waals surface area contributed by atoms with Crippen molar-refractivity contribution in [3.8, 4) is 0 Å². The number of hydrogen-bond donors (Lipinski definition) is 1. The van der Waals surface area contributed by atoms with Gasteiger partial charge in [0.1, 0.15) is 5.69 Å². The minimum absolute atomic E-state index is 0.185. The number of aromatic nitrogens is 2. The monoisotopic (exact) mass is 336 g/mol. The minimum atomic E-state index is -0.305. The van der Waals surface area contributed by atoms with Gasteiger partial charge in [-0.05, 0) is 29.7 Å². The molecule has 0 unspecified atom stereocenters. The predicted molar refractivity (Wildman–Crippen MR) is 98.9 cm³/mol. The molecular formula is C19H20N4O2. The van der Waals surface area contributed by atoms with Crippen molar-refractivity contribution in [3.63, 3.8) is 0 Å². The van der Waals surface area contributed by atoms with Gasteiger partial charge in [0.2, 0.25) is 0 Å². The number of hydrogen-bond acceptors (Lipinski definition) is 4. The van der Waals surface area contributed by atoms with E-state index in [-0.39, 0.29) is 18.0 Å². The zero-order valence-electron chi connectivity index (χ0n) is 14.5. The molecule has 1 amide bonds. The summed E-state index contributed by atoms with van der Waals surface area (Å²) in [6, 6.07) is 12.8. The van der Waals surface area contributed by atoms with Gasteiger partial charge >= 0.3 is 0 Å². The summed E-state index contributed by atoms with van der Waals surface area (Å²) < 4.78 is 1.38. The lowest BCUT2D eigenvalue weighted by molar-refractivity contribution is 0.0941. The smallest absolute Gasteiger partial charge is 0.268 e. The van der Waals surface area contributed by atoms with Crippen LogP contribution in [-0.2, 0) is 13.6 Å². The van der Waals surface area contributed by atoms with E-state index in [0.717, 1.165) is 16.8 Å². The van der Waals surface area contributed by atoms with E-state index in [1.54, 1.807) is 25.4 Å². The molecule has 3 aromatic rings. The number of carbonyl (C=O) groups is 1. The lowest BCUT2D eigenvalue weighted by Crippen LogP contribution is -2.31. The lowest BCUT2D eigenvalue weighted by Gasteiger charge is -2.17. The van der Waals surface area contributed by atoms with E-state index < -0.39 is 0 Å². The number of amides is 1. The van der Waals surface area contributed by atoms with Crippen LogP contribution in [0.4, 0.5) is 5.69 Å². The molecule has 0 saturated heterocycles. The van der Waals surface area contributed by atoms with Crippen molar-refractivity contribution in [1.82, 2.24) is 14.9 Å². The van der Waals surface area contributed by atoms with Gasteiger partial charge in [0.25, 0.3) is 11.5 Å². The fourth-order valence-electron chi connectivity index (χ4n) is 2.80. The van der Waals surface area contributed by atoms with Crippen LogP contribution < -0.4 is 15.8 Å². The Morgan fingerprint density at radius 3 is 2.72 bits per heavy atom. The zero-order chi connectivity index (χ0) is 18.0. The molecule has 6 heteroatoms. The first-order valence-electron chi connectivity index (χ1n) is 7.97. The Bertz CT molecular complexity index is 992. The molecule has 0 aliphatic rings. The zero-order valence-corrected chi connectivity index (χ0v) is 14.5. The molecule has 128 valence electrons. The molecule has 0 radical (unpaired) electrons. The maximum atomic E-state index is 12.6. The normalized spacial score (nSPS) is 10.7. The number of benzene rings is 1. The molecular weight excluding hydrogens is 316 g/mol. The van der Waals surface area contributed by atoms with Crippen LogP contribution in [0.25, 0.3) is 10.8 Å². The molecule has 1 aromatic carbocycles. The van der Waals surface area contributed by atoms with E-state index in [0.29, 0.717) is 11.1 Å². The van der Waals surface area contributed by atoms with Gasteiger partial charge in [-0.15, -0.1) is 0 Å². The molecule has 25 heavy (non-hydrogen) atoms. The predicted octanol–water partition coefficient (Wildman–Crippen LogP) is 1.93. The second-order valence-corrected chi connectivity index (χ2v) is 6.03. The summed E-state index contributed by atoms with van der Waals surface area (Å²) in [5, 5.41) is 4.21. The average molecular weight is 336 g/mol. The van der Waals surface area contributed by atoms with Crippen LogP contribution in [0.2, 0.25) is 0 Å². The third-order valence-electron chi connectivity index (χ3n) is 4.15. The highest BCUT2D eigenvalue weighted by atomic mass is 16.2. The van der Waals surface area contributed by atoms with E-state index in [2.05, 4.69) is 10.3 Å². The highest BCUT2D eigenvalue weighted by Crippen LogP contribution is 2.15. The molecule has 2 heterocycles. The Kier molecular flexibility index (Phi) is 4.52. The summed E-state index contributed by atoms with van der Waals surface area (Å²) in [6.45, 7) is 0.286. The molecule has 1 N–H and O–H groups in total. The van der Waals surface area contributed by atoms with Gasteiger partial charge in [-0.3, -0.25) is 14.6 Å². The molecule has 0 bridgehead atoms.